The number of β-lactam (4-membered cyclic amide) rings is 1. The van der Waals surface area contributed by atoms with Gasteiger partial charge in [-0.1, -0.05) is 28.1 Å². The number of fused-ring (bicyclic) bond motifs is 2. The fraction of sp³-hybridized carbons (Fsp3) is 0.296. The molecule has 6 N–H and O–H groups in total. The molecule has 2 atom stereocenters. The van der Waals surface area contributed by atoms with Crippen LogP contribution in [-0.2, 0) is 37.1 Å². The van der Waals surface area contributed by atoms with Gasteiger partial charge in [0.1, 0.15) is 32.7 Å². The molecule has 3 aromatic heterocycles. The van der Waals surface area contributed by atoms with Gasteiger partial charge in [-0.15, -0.1) is 11.8 Å². The largest absolute Gasteiger partial charge is 0.477 e. The highest BCUT2D eigenvalue weighted by Crippen LogP contribution is 2.40. The van der Waals surface area contributed by atoms with Crippen molar-refractivity contribution < 1.29 is 38.8 Å². The van der Waals surface area contributed by atoms with E-state index in [-0.39, 0.29) is 33.2 Å². The number of hydrogen-bond acceptors (Lipinski definition) is 11. The molecule has 236 valence electrons. The number of carbonyl (C=O) groups excluding carboxylic acids is 2. The second-order valence-corrected chi connectivity index (χ2v) is 12.7. The number of amides is 2. The van der Waals surface area contributed by atoms with Crippen molar-refractivity contribution in [3.8, 4) is 0 Å². The van der Waals surface area contributed by atoms with Gasteiger partial charge in [0.2, 0.25) is 11.3 Å². The molecule has 2 aliphatic heterocycles. The number of aryl methyl sites for hydroxylation is 1. The van der Waals surface area contributed by atoms with Gasteiger partial charge in [-0.3, -0.25) is 14.5 Å². The van der Waals surface area contributed by atoms with Gasteiger partial charge >= 0.3 is 11.9 Å². The van der Waals surface area contributed by atoms with E-state index in [0.29, 0.717) is 5.57 Å². The zero-order chi connectivity index (χ0) is 32.4. The zero-order valence-electron chi connectivity index (χ0n) is 23.7. The SMILES string of the molecule is C=C(O/N=C(\C(=O)N[C@@H]1C(=O)N2C(C(=O)O)=C(C[n+]3cccc4c3ccn4CCCNC)CS[C@H]12)c1nc(N)sc1Cl)C(=O)O. The fourth-order valence-corrected chi connectivity index (χ4v) is 7.25. The first-order valence-corrected chi connectivity index (χ1v) is 15.7. The highest BCUT2D eigenvalue weighted by Gasteiger charge is 2.55. The molecule has 2 amide bonds. The molecule has 1 saturated heterocycles. The molecule has 0 saturated carbocycles. The lowest BCUT2D eigenvalue weighted by atomic mass is 10.0. The molecule has 0 bridgehead atoms. The van der Waals surface area contributed by atoms with Crippen LogP contribution in [0.25, 0.3) is 11.0 Å². The van der Waals surface area contributed by atoms with Gasteiger partial charge in [0.25, 0.3) is 11.8 Å². The lowest BCUT2D eigenvalue weighted by molar-refractivity contribution is -0.663. The van der Waals surface area contributed by atoms with E-state index in [0.717, 1.165) is 46.8 Å². The summed E-state index contributed by atoms with van der Waals surface area (Å²) in [6, 6.07) is 4.76. The van der Waals surface area contributed by atoms with E-state index in [1.165, 1.54) is 11.8 Å². The van der Waals surface area contributed by atoms with Crippen molar-refractivity contribution >= 4 is 80.3 Å². The number of carbonyl (C=O) groups is 4. The highest BCUT2D eigenvalue weighted by molar-refractivity contribution is 8.00. The second kappa shape index (κ2) is 13.3. The lowest BCUT2D eigenvalue weighted by Gasteiger charge is -2.49. The maximum atomic E-state index is 13.3. The van der Waals surface area contributed by atoms with Crippen LogP contribution < -0.4 is 20.9 Å². The molecule has 1 fully saturated rings. The Labute approximate surface area is 269 Å². The van der Waals surface area contributed by atoms with Crippen LogP contribution in [0.4, 0.5) is 5.13 Å². The number of thioether (sulfide) groups is 1. The number of carboxylic acids is 2. The van der Waals surface area contributed by atoms with E-state index >= 15 is 0 Å². The molecule has 0 aliphatic carbocycles. The Hall–Kier alpha value is -4.45. The number of nitrogens with two attached hydrogens (primary N) is 1. The molecule has 5 heterocycles. The Balaban J connectivity index is 1.37. The van der Waals surface area contributed by atoms with E-state index < -0.39 is 46.6 Å². The Morgan fingerprint density at radius 2 is 2.11 bits per heavy atom. The predicted octanol–water partition coefficient (Wildman–Crippen LogP) is 0.988. The summed E-state index contributed by atoms with van der Waals surface area (Å²) in [5.74, 6) is -4.90. The number of pyridine rings is 1. The van der Waals surface area contributed by atoms with E-state index in [4.69, 9.17) is 27.3 Å². The van der Waals surface area contributed by atoms with E-state index in [1.54, 1.807) is 0 Å². The molecule has 45 heavy (non-hydrogen) atoms. The zero-order valence-corrected chi connectivity index (χ0v) is 26.1. The third kappa shape index (κ3) is 6.37. The topological polar surface area (TPSA) is 205 Å². The van der Waals surface area contributed by atoms with Crippen molar-refractivity contribution in [1.29, 1.82) is 0 Å². The number of nitrogens with zero attached hydrogens (tertiary/aromatic N) is 5. The van der Waals surface area contributed by atoms with Gasteiger partial charge < -0.3 is 36.0 Å². The number of carboxylic acid groups (broad SMARTS) is 2. The highest BCUT2D eigenvalue weighted by atomic mass is 35.5. The van der Waals surface area contributed by atoms with E-state index in [9.17, 15) is 24.3 Å². The van der Waals surface area contributed by atoms with Crippen molar-refractivity contribution in [2.24, 2.45) is 5.16 Å². The molecule has 18 heteroatoms. The summed E-state index contributed by atoms with van der Waals surface area (Å²) in [6.07, 6.45) is 4.80. The quantitative estimate of drug-likeness (QED) is 0.0328. The molecule has 0 spiro atoms. The van der Waals surface area contributed by atoms with E-state index in [2.05, 4.69) is 31.9 Å². The maximum Gasteiger partial charge on any atom is 0.374 e. The fourth-order valence-electron chi connectivity index (χ4n) is 4.99. The number of halogens is 1. The molecule has 0 radical (unpaired) electrons. The maximum absolute atomic E-state index is 13.3. The summed E-state index contributed by atoms with van der Waals surface area (Å²) >= 11 is 8.29. The number of hydrogen-bond donors (Lipinski definition) is 5. The molecule has 0 unspecified atom stereocenters. The van der Waals surface area contributed by atoms with Crippen molar-refractivity contribution in [2.45, 2.75) is 30.9 Å². The van der Waals surface area contributed by atoms with Gasteiger partial charge in [-0.05, 0) is 32.7 Å². The van der Waals surface area contributed by atoms with Crippen LogP contribution in [-0.4, -0.2) is 84.9 Å². The van der Waals surface area contributed by atoms with Gasteiger partial charge in [0, 0.05) is 36.2 Å². The van der Waals surface area contributed by atoms with Crippen LogP contribution in [0.3, 0.4) is 0 Å². The average Bonchev–Trinajstić information content (AvgIpc) is 3.57. The van der Waals surface area contributed by atoms with Crippen LogP contribution in [0.1, 0.15) is 12.1 Å². The number of nitrogen functional groups attached to an aromatic ring is 1. The van der Waals surface area contributed by atoms with Crippen molar-refractivity contribution in [1.82, 2.24) is 25.1 Å². The number of thiazole rings is 1. The average molecular weight is 676 g/mol. The summed E-state index contributed by atoms with van der Waals surface area (Å²) in [7, 11) is 1.90. The van der Waals surface area contributed by atoms with Crippen molar-refractivity contribution in [3.05, 3.63) is 64.2 Å². The Bertz CT molecular complexity index is 1790. The summed E-state index contributed by atoms with van der Waals surface area (Å²) in [6.45, 7) is 5.13. The summed E-state index contributed by atoms with van der Waals surface area (Å²) < 4.78 is 4.06. The van der Waals surface area contributed by atoms with Crippen LogP contribution in [0.5, 0.6) is 0 Å². The van der Waals surface area contributed by atoms with Crippen molar-refractivity contribution in [2.75, 3.05) is 25.1 Å². The minimum absolute atomic E-state index is 0.00369. The lowest BCUT2D eigenvalue weighted by Crippen LogP contribution is -2.71. The summed E-state index contributed by atoms with van der Waals surface area (Å²) in [4.78, 5) is 60.1. The number of oxime groups is 1. The van der Waals surface area contributed by atoms with Crippen LogP contribution in [0.15, 0.2) is 59.4 Å². The summed E-state index contributed by atoms with van der Waals surface area (Å²) in [5, 5.41) is 27.7. The Morgan fingerprint density at radius 3 is 2.78 bits per heavy atom. The minimum Gasteiger partial charge on any atom is -0.477 e. The molecule has 2 aliphatic rings. The van der Waals surface area contributed by atoms with Gasteiger partial charge in [0.05, 0.1) is 0 Å². The van der Waals surface area contributed by atoms with Crippen LogP contribution in [0, 0.1) is 0 Å². The third-order valence-corrected chi connectivity index (χ3v) is 9.49. The Kier molecular flexibility index (Phi) is 9.42. The first-order valence-electron chi connectivity index (χ1n) is 13.4. The molecule has 3 aromatic rings. The van der Waals surface area contributed by atoms with Gasteiger partial charge in [0.15, 0.2) is 23.6 Å². The monoisotopic (exact) mass is 675 g/mol. The normalized spacial score (nSPS) is 18.0. The predicted molar refractivity (Wildman–Crippen MR) is 166 cm³/mol. The van der Waals surface area contributed by atoms with Crippen LogP contribution >= 0.6 is 34.7 Å². The summed E-state index contributed by atoms with van der Waals surface area (Å²) in [5.41, 5.74) is 7.28. The Morgan fingerprint density at radius 1 is 1.33 bits per heavy atom. The van der Waals surface area contributed by atoms with Gasteiger partial charge in [-0.25, -0.2) is 14.6 Å². The second-order valence-electron chi connectivity index (χ2n) is 9.92. The van der Waals surface area contributed by atoms with Crippen molar-refractivity contribution in [3.63, 3.8) is 0 Å². The first kappa shape index (κ1) is 32.0. The number of aliphatic carboxylic acids is 2. The molecule has 15 nitrogen and oxygen atoms in total. The molecular formula is C27H28ClN8O7S2+. The standard InChI is InChI=1S/C27H27ClN8O7S2/c1-13(25(39)40)43-33-18(17-21(28)45-27(29)32-17)22(37)31-19-23(38)36-20(26(41)42)14(12-44-24(19)36)11-35-8-3-5-15-16(35)6-10-34(15)9-4-7-30-2/h3,5-6,8,10,19,24,30H,1,4,7,9,11-12H2,2H3,(H4-,29,31,32,37,39,40,41,42)/p+1/b33-18-/t19-,24-/m1/s1. The van der Waals surface area contributed by atoms with Crippen LogP contribution in [0.2, 0.25) is 4.34 Å². The van der Waals surface area contributed by atoms with Gasteiger partial charge in [-0.2, -0.15) is 4.57 Å². The molecule has 0 aromatic carbocycles. The number of anilines is 1. The number of rotatable bonds is 13. The third-order valence-electron chi connectivity index (χ3n) is 7.06. The first-order chi connectivity index (χ1) is 21.5. The molecular weight excluding hydrogens is 648 g/mol. The molecule has 5 rings (SSSR count). The smallest absolute Gasteiger partial charge is 0.374 e. The minimum atomic E-state index is -1.52. The number of nitrogens with one attached hydrogen (secondary N) is 2. The van der Waals surface area contributed by atoms with E-state index in [1.807, 2.05) is 42.2 Å². The number of aromatic nitrogens is 3.